The summed E-state index contributed by atoms with van der Waals surface area (Å²) in [6.45, 7) is 13.6. The smallest absolute Gasteiger partial charge is 0.163 e. The van der Waals surface area contributed by atoms with Gasteiger partial charge in [-0.2, -0.15) is 0 Å². The van der Waals surface area contributed by atoms with Crippen LogP contribution in [0.25, 0.3) is 0 Å². The van der Waals surface area contributed by atoms with Gasteiger partial charge in [0.25, 0.3) is 0 Å². The second-order valence-corrected chi connectivity index (χ2v) is 11.0. The van der Waals surface area contributed by atoms with E-state index in [4.69, 9.17) is 9.47 Å². The van der Waals surface area contributed by atoms with Crippen molar-refractivity contribution in [1.29, 1.82) is 0 Å². The van der Waals surface area contributed by atoms with Crippen LogP contribution in [-0.4, -0.2) is 29.2 Å². The Balaban J connectivity index is 1.59. The zero-order valence-electron chi connectivity index (χ0n) is 17.0. The predicted octanol–water partition coefficient (Wildman–Crippen LogP) is 4.69. The van der Waals surface area contributed by atoms with Crippen LogP contribution in [0.3, 0.4) is 0 Å². The molecule has 3 heteroatoms. The lowest BCUT2D eigenvalue weighted by Gasteiger charge is -2.62. The standard InChI is InChI=1S/C23H36O3/c1-13-6-7-15-18-16(9-11-22(13,15)4)23(5)10-8-14(24)12-17(23)19-20(18)26-21(2,3)25-19/h14-20,24H,1,6-12H2,2-5H3/t14-,15-,16-,17+,18?,19+,20+,22+,23+/m0/s1. The summed E-state index contributed by atoms with van der Waals surface area (Å²) in [5.74, 6) is 1.88. The molecule has 5 rings (SSSR count). The molecule has 5 aliphatic rings. The number of fused-ring (bicyclic) bond motifs is 8. The first-order chi connectivity index (χ1) is 12.2. The van der Waals surface area contributed by atoms with Crippen molar-refractivity contribution in [3.05, 3.63) is 12.2 Å². The van der Waals surface area contributed by atoms with Crippen LogP contribution in [0.1, 0.15) is 72.6 Å². The van der Waals surface area contributed by atoms with Gasteiger partial charge in [0, 0.05) is 0 Å². The van der Waals surface area contributed by atoms with Crippen molar-refractivity contribution >= 4 is 0 Å². The van der Waals surface area contributed by atoms with Gasteiger partial charge < -0.3 is 14.6 Å². The molecule has 1 unspecified atom stereocenters. The Morgan fingerprint density at radius 2 is 1.65 bits per heavy atom. The monoisotopic (exact) mass is 360 g/mol. The first-order valence-electron chi connectivity index (χ1n) is 10.9. The lowest BCUT2D eigenvalue weighted by atomic mass is 9.43. The first kappa shape index (κ1) is 17.7. The van der Waals surface area contributed by atoms with Gasteiger partial charge >= 0.3 is 0 Å². The van der Waals surface area contributed by atoms with Crippen LogP contribution in [0.4, 0.5) is 0 Å². The van der Waals surface area contributed by atoms with Crippen LogP contribution in [-0.2, 0) is 9.47 Å². The highest BCUT2D eigenvalue weighted by Gasteiger charge is 2.67. The molecule has 0 aromatic rings. The van der Waals surface area contributed by atoms with E-state index < -0.39 is 5.79 Å². The largest absolute Gasteiger partial charge is 0.393 e. The summed E-state index contributed by atoms with van der Waals surface area (Å²) in [6, 6.07) is 0. The minimum Gasteiger partial charge on any atom is -0.393 e. The maximum Gasteiger partial charge on any atom is 0.163 e. The summed E-state index contributed by atoms with van der Waals surface area (Å²) in [5.41, 5.74) is 2.04. The first-order valence-corrected chi connectivity index (χ1v) is 10.9. The molecule has 0 aromatic carbocycles. The number of aliphatic hydroxyl groups excluding tert-OH is 1. The number of rotatable bonds is 0. The molecule has 0 spiro atoms. The third-order valence-corrected chi connectivity index (χ3v) is 9.46. The molecule has 0 radical (unpaired) electrons. The summed E-state index contributed by atoms with van der Waals surface area (Å²) in [7, 11) is 0. The number of allylic oxidation sites excluding steroid dienone is 1. The molecule has 5 fully saturated rings. The van der Waals surface area contributed by atoms with Gasteiger partial charge in [-0.05, 0) is 93.3 Å². The van der Waals surface area contributed by atoms with E-state index in [2.05, 4.69) is 34.3 Å². The molecule has 1 saturated heterocycles. The fourth-order valence-electron chi connectivity index (χ4n) is 8.07. The molecule has 9 atom stereocenters. The number of hydrogen-bond acceptors (Lipinski definition) is 3. The SMILES string of the molecule is C=C1CC[C@H]2C3[C@H]4OC(C)(C)O[C@@H]4[C@H]4C[C@@H](O)CC[C@]4(C)[C@H]3CC[C@]12C. The van der Waals surface area contributed by atoms with Crippen molar-refractivity contribution < 1.29 is 14.6 Å². The lowest BCUT2D eigenvalue weighted by molar-refractivity contribution is -0.182. The van der Waals surface area contributed by atoms with Crippen molar-refractivity contribution in [2.24, 2.45) is 34.5 Å². The molecule has 0 aromatic heterocycles. The zero-order valence-corrected chi connectivity index (χ0v) is 17.0. The highest BCUT2D eigenvalue weighted by atomic mass is 16.8. The van der Waals surface area contributed by atoms with E-state index >= 15 is 0 Å². The van der Waals surface area contributed by atoms with Crippen LogP contribution >= 0.6 is 0 Å². The Hall–Kier alpha value is -0.380. The number of aliphatic hydroxyl groups is 1. The zero-order chi connectivity index (χ0) is 18.5. The summed E-state index contributed by atoms with van der Waals surface area (Å²) in [5, 5.41) is 10.4. The third kappa shape index (κ3) is 2.17. The molecule has 146 valence electrons. The van der Waals surface area contributed by atoms with E-state index in [-0.39, 0.29) is 23.7 Å². The van der Waals surface area contributed by atoms with Gasteiger partial charge in [-0.1, -0.05) is 26.0 Å². The maximum atomic E-state index is 10.4. The normalized spacial score (nSPS) is 57.9. The summed E-state index contributed by atoms with van der Waals surface area (Å²) < 4.78 is 13.1. The molecule has 26 heavy (non-hydrogen) atoms. The van der Waals surface area contributed by atoms with Crippen molar-refractivity contribution in [2.75, 3.05) is 0 Å². The third-order valence-electron chi connectivity index (χ3n) is 9.46. The van der Waals surface area contributed by atoms with Crippen LogP contribution < -0.4 is 0 Å². The highest BCUT2D eigenvalue weighted by molar-refractivity contribution is 5.23. The second-order valence-electron chi connectivity index (χ2n) is 11.0. The van der Waals surface area contributed by atoms with E-state index in [9.17, 15) is 5.11 Å². The van der Waals surface area contributed by atoms with Crippen molar-refractivity contribution in [3.8, 4) is 0 Å². The molecule has 1 N–H and O–H groups in total. The Kier molecular flexibility index (Phi) is 3.65. The van der Waals surface area contributed by atoms with E-state index in [0.717, 1.165) is 19.3 Å². The van der Waals surface area contributed by atoms with Gasteiger partial charge in [-0.3, -0.25) is 0 Å². The molecule has 1 aliphatic heterocycles. The topological polar surface area (TPSA) is 38.7 Å². The summed E-state index contributed by atoms with van der Waals surface area (Å²) >= 11 is 0. The fraction of sp³-hybridized carbons (Fsp3) is 0.913. The molecule has 4 saturated carbocycles. The van der Waals surface area contributed by atoms with Crippen LogP contribution in [0.2, 0.25) is 0 Å². The Bertz CT molecular complexity index is 627. The molecule has 3 nitrogen and oxygen atoms in total. The summed E-state index contributed by atoms with van der Waals surface area (Å²) in [6.07, 6.45) is 8.15. The fourth-order valence-corrected chi connectivity index (χ4v) is 8.07. The van der Waals surface area contributed by atoms with Crippen LogP contribution in [0.5, 0.6) is 0 Å². The van der Waals surface area contributed by atoms with E-state index in [0.29, 0.717) is 29.1 Å². The quantitative estimate of drug-likeness (QED) is 0.637. The van der Waals surface area contributed by atoms with Gasteiger partial charge in [-0.25, -0.2) is 0 Å². The Morgan fingerprint density at radius 1 is 0.923 bits per heavy atom. The molecular formula is C23H36O3. The summed E-state index contributed by atoms with van der Waals surface area (Å²) in [4.78, 5) is 0. The van der Waals surface area contributed by atoms with Gasteiger partial charge in [0.15, 0.2) is 5.79 Å². The second kappa shape index (κ2) is 5.36. The molecule has 0 bridgehead atoms. The van der Waals surface area contributed by atoms with Crippen LogP contribution in [0, 0.1) is 34.5 Å². The predicted molar refractivity (Wildman–Crippen MR) is 101 cm³/mol. The number of ether oxygens (including phenoxy) is 2. The average Bonchev–Trinajstić information content (AvgIpc) is 3.05. The minimum absolute atomic E-state index is 0.141. The Labute approximate surface area is 158 Å². The molecule has 1 heterocycles. The Morgan fingerprint density at radius 3 is 2.42 bits per heavy atom. The van der Waals surface area contributed by atoms with Gasteiger partial charge in [0.2, 0.25) is 0 Å². The average molecular weight is 361 g/mol. The van der Waals surface area contributed by atoms with Crippen molar-refractivity contribution in [2.45, 2.75) is 96.7 Å². The highest BCUT2D eigenvalue weighted by Crippen LogP contribution is 2.69. The van der Waals surface area contributed by atoms with E-state index in [1.807, 2.05) is 0 Å². The van der Waals surface area contributed by atoms with E-state index in [1.54, 1.807) is 0 Å². The van der Waals surface area contributed by atoms with Crippen molar-refractivity contribution in [3.63, 3.8) is 0 Å². The maximum absolute atomic E-state index is 10.4. The molecular weight excluding hydrogens is 324 g/mol. The molecule has 0 amide bonds. The van der Waals surface area contributed by atoms with Gasteiger partial charge in [0.05, 0.1) is 18.3 Å². The van der Waals surface area contributed by atoms with Crippen LogP contribution in [0.15, 0.2) is 12.2 Å². The van der Waals surface area contributed by atoms with Gasteiger partial charge in [-0.15, -0.1) is 0 Å². The number of hydrogen-bond donors (Lipinski definition) is 1. The lowest BCUT2D eigenvalue weighted by Crippen LogP contribution is -2.63. The molecule has 4 aliphatic carbocycles. The minimum atomic E-state index is -0.503. The van der Waals surface area contributed by atoms with Crippen molar-refractivity contribution in [1.82, 2.24) is 0 Å². The van der Waals surface area contributed by atoms with Gasteiger partial charge in [0.1, 0.15) is 0 Å². The van der Waals surface area contributed by atoms with E-state index in [1.165, 1.54) is 31.3 Å².